The van der Waals surface area contributed by atoms with Crippen LogP contribution in [0.2, 0.25) is 0 Å². The summed E-state index contributed by atoms with van der Waals surface area (Å²) in [5.74, 6) is 1.84. The highest BCUT2D eigenvalue weighted by Crippen LogP contribution is 2.21. The molecule has 2 rings (SSSR count). The first-order chi connectivity index (χ1) is 8.54. The van der Waals surface area contributed by atoms with Crippen LogP contribution in [0, 0.1) is 5.92 Å². The molecule has 0 aliphatic carbocycles. The summed E-state index contributed by atoms with van der Waals surface area (Å²) in [5, 5.41) is 8.36. The molecule has 0 unspecified atom stereocenters. The van der Waals surface area contributed by atoms with E-state index in [4.69, 9.17) is 0 Å². The summed E-state index contributed by atoms with van der Waals surface area (Å²) in [5.41, 5.74) is 0.960. The van der Waals surface area contributed by atoms with Gasteiger partial charge in [0.25, 0.3) is 0 Å². The van der Waals surface area contributed by atoms with Crippen molar-refractivity contribution in [2.75, 3.05) is 5.32 Å². The molecule has 0 saturated heterocycles. The average Bonchev–Trinajstić information content (AvgIpc) is 2.88. The van der Waals surface area contributed by atoms with Crippen LogP contribution in [-0.4, -0.2) is 19.1 Å². The molecule has 1 N–H and O–H groups in total. The molecular formula is C12H19N5S. The van der Waals surface area contributed by atoms with Crippen LogP contribution < -0.4 is 5.32 Å². The molecule has 0 aliphatic rings. The molecule has 0 aliphatic heterocycles. The molecule has 2 heterocycles. The Bertz CT molecular complexity index is 500. The number of nitrogens with one attached hydrogen (secondary N) is 1. The van der Waals surface area contributed by atoms with Crippen LogP contribution in [0.1, 0.15) is 39.4 Å². The Morgan fingerprint density at radius 1 is 1.33 bits per heavy atom. The molecular weight excluding hydrogens is 246 g/mol. The van der Waals surface area contributed by atoms with E-state index in [0.717, 1.165) is 23.2 Å². The Kier molecular flexibility index (Phi) is 3.96. The maximum atomic E-state index is 4.43. The molecule has 18 heavy (non-hydrogen) atoms. The number of aromatic nitrogens is 4. The number of rotatable bonds is 5. The van der Waals surface area contributed by atoms with E-state index in [1.807, 2.05) is 17.1 Å². The Labute approximate surface area is 111 Å². The van der Waals surface area contributed by atoms with Gasteiger partial charge in [0.2, 0.25) is 5.13 Å². The Morgan fingerprint density at radius 3 is 2.72 bits per heavy atom. The van der Waals surface area contributed by atoms with Crippen LogP contribution in [0.5, 0.6) is 0 Å². The normalized spacial score (nSPS) is 11.4. The summed E-state index contributed by atoms with van der Waals surface area (Å²) in [4.78, 5) is 4.43. The van der Waals surface area contributed by atoms with Crippen LogP contribution >= 0.6 is 11.5 Å². The van der Waals surface area contributed by atoms with Crippen molar-refractivity contribution in [3.05, 3.63) is 18.2 Å². The lowest BCUT2D eigenvalue weighted by molar-refractivity contribution is 0.483. The average molecular weight is 265 g/mol. The van der Waals surface area contributed by atoms with E-state index in [2.05, 4.69) is 47.5 Å². The first kappa shape index (κ1) is 13.0. The highest BCUT2D eigenvalue weighted by Gasteiger charge is 2.08. The summed E-state index contributed by atoms with van der Waals surface area (Å²) in [6.45, 7) is 9.46. The molecule has 5 nitrogen and oxygen atoms in total. The van der Waals surface area contributed by atoms with E-state index in [9.17, 15) is 0 Å². The van der Waals surface area contributed by atoms with Gasteiger partial charge in [0.15, 0.2) is 0 Å². The molecule has 0 saturated carbocycles. The zero-order valence-electron chi connectivity index (χ0n) is 11.2. The zero-order valence-corrected chi connectivity index (χ0v) is 12.0. The van der Waals surface area contributed by atoms with Crippen molar-refractivity contribution in [1.29, 1.82) is 0 Å². The minimum atomic E-state index is 0.362. The second kappa shape index (κ2) is 5.48. The number of nitrogens with zero attached hydrogens (tertiary/aromatic N) is 4. The standard InChI is InChI=1S/C12H19N5S/c1-8(2)6-17-7-10(5-13-17)14-12-15-11(9(3)4)16-18-12/h5,7-9H,6H2,1-4H3,(H,14,15,16). The van der Waals surface area contributed by atoms with E-state index >= 15 is 0 Å². The third-order valence-corrected chi connectivity index (χ3v) is 3.04. The quantitative estimate of drug-likeness (QED) is 0.901. The van der Waals surface area contributed by atoms with Crippen molar-refractivity contribution < 1.29 is 0 Å². The van der Waals surface area contributed by atoms with Crippen LogP contribution in [0.15, 0.2) is 12.4 Å². The van der Waals surface area contributed by atoms with Gasteiger partial charge in [0.05, 0.1) is 11.9 Å². The minimum Gasteiger partial charge on any atom is -0.328 e. The van der Waals surface area contributed by atoms with Crippen molar-refractivity contribution in [2.24, 2.45) is 5.92 Å². The van der Waals surface area contributed by atoms with E-state index in [1.165, 1.54) is 11.5 Å². The summed E-state index contributed by atoms with van der Waals surface area (Å²) in [6.07, 6.45) is 3.81. The summed E-state index contributed by atoms with van der Waals surface area (Å²) < 4.78 is 6.25. The van der Waals surface area contributed by atoms with Gasteiger partial charge in [-0.15, -0.1) is 0 Å². The second-order valence-electron chi connectivity index (χ2n) is 5.08. The third-order valence-electron chi connectivity index (χ3n) is 2.39. The topological polar surface area (TPSA) is 55.6 Å². The van der Waals surface area contributed by atoms with Gasteiger partial charge in [-0.05, 0) is 5.92 Å². The first-order valence-corrected chi connectivity index (χ1v) is 6.95. The maximum Gasteiger partial charge on any atom is 0.207 e. The highest BCUT2D eigenvalue weighted by atomic mass is 32.1. The fourth-order valence-electron chi connectivity index (χ4n) is 1.55. The summed E-state index contributed by atoms with van der Waals surface area (Å²) in [7, 11) is 0. The van der Waals surface area contributed by atoms with E-state index in [-0.39, 0.29) is 0 Å². The van der Waals surface area contributed by atoms with Gasteiger partial charge >= 0.3 is 0 Å². The van der Waals surface area contributed by atoms with Crippen LogP contribution in [-0.2, 0) is 6.54 Å². The Balaban J connectivity index is 2.02. The predicted octanol–water partition coefficient (Wildman–Crippen LogP) is 3.26. The summed E-state index contributed by atoms with van der Waals surface area (Å²) >= 11 is 1.39. The van der Waals surface area contributed by atoms with E-state index in [1.54, 1.807) is 0 Å². The number of hydrogen-bond acceptors (Lipinski definition) is 5. The molecule has 0 radical (unpaired) electrons. The fraction of sp³-hybridized carbons (Fsp3) is 0.583. The lowest BCUT2D eigenvalue weighted by Gasteiger charge is -2.03. The molecule has 98 valence electrons. The highest BCUT2D eigenvalue weighted by molar-refractivity contribution is 7.09. The molecule has 0 bridgehead atoms. The summed E-state index contributed by atoms with van der Waals surface area (Å²) in [6, 6.07) is 0. The predicted molar refractivity (Wildman–Crippen MR) is 74.3 cm³/mol. The SMILES string of the molecule is CC(C)Cn1cc(Nc2nc(C(C)C)ns2)cn1. The minimum absolute atomic E-state index is 0.362. The molecule has 2 aromatic rings. The molecule has 0 fully saturated rings. The molecule has 0 amide bonds. The van der Waals surface area contributed by atoms with Crippen LogP contribution in [0.3, 0.4) is 0 Å². The second-order valence-corrected chi connectivity index (χ2v) is 5.83. The van der Waals surface area contributed by atoms with Gasteiger partial charge in [-0.1, -0.05) is 27.7 Å². The van der Waals surface area contributed by atoms with Gasteiger partial charge in [0, 0.05) is 30.2 Å². The van der Waals surface area contributed by atoms with Gasteiger partial charge < -0.3 is 5.32 Å². The molecule has 0 aromatic carbocycles. The number of anilines is 2. The van der Waals surface area contributed by atoms with Crippen molar-refractivity contribution >= 4 is 22.4 Å². The third kappa shape index (κ3) is 3.29. The molecule has 0 atom stereocenters. The Morgan fingerprint density at radius 2 is 2.11 bits per heavy atom. The van der Waals surface area contributed by atoms with E-state index < -0.39 is 0 Å². The fourth-order valence-corrected chi connectivity index (χ4v) is 2.28. The monoisotopic (exact) mass is 265 g/mol. The van der Waals surface area contributed by atoms with Crippen molar-refractivity contribution in [1.82, 2.24) is 19.1 Å². The van der Waals surface area contributed by atoms with Crippen LogP contribution in [0.25, 0.3) is 0 Å². The Hall–Kier alpha value is -1.43. The van der Waals surface area contributed by atoms with Crippen molar-refractivity contribution in [3.8, 4) is 0 Å². The van der Waals surface area contributed by atoms with Gasteiger partial charge in [-0.25, -0.2) is 4.98 Å². The van der Waals surface area contributed by atoms with Crippen LogP contribution in [0.4, 0.5) is 10.8 Å². The molecule has 2 aromatic heterocycles. The molecule has 0 spiro atoms. The van der Waals surface area contributed by atoms with Gasteiger partial charge in [0.1, 0.15) is 5.82 Å². The van der Waals surface area contributed by atoms with Crippen molar-refractivity contribution in [2.45, 2.75) is 40.2 Å². The van der Waals surface area contributed by atoms with Crippen molar-refractivity contribution in [3.63, 3.8) is 0 Å². The van der Waals surface area contributed by atoms with Gasteiger partial charge in [-0.3, -0.25) is 4.68 Å². The lowest BCUT2D eigenvalue weighted by atomic mass is 10.2. The van der Waals surface area contributed by atoms with Gasteiger partial charge in [-0.2, -0.15) is 9.47 Å². The maximum absolute atomic E-state index is 4.43. The largest absolute Gasteiger partial charge is 0.328 e. The zero-order chi connectivity index (χ0) is 13.1. The first-order valence-electron chi connectivity index (χ1n) is 6.17. The molecule has 6 heteroatoms. The number of hydrogen-bond donors (Lipinski definition) is 1. The lowest BCUT2D eigenvalue weighted by Crippen LogP contribution is -2.04. The smallest absolute Gasteiger partial charge is 0.207 e. The van der Waals surface area contributed by atoms with E-state index in [0.29, 0.717) is 11.8 Å².